The minimum Gasteiger partial charge on any atom is -0.438 e. The van der Waals surface area contributed by atoms with E-state index in [0.29, 0.717) is 29.2 Å². The molecule has 2 rings (SSSR count). The highest BCUT2D eigenvalue weighted by atomic mass is 35.5. The molecule has 0 bridgehead atoms. The van der Waals surface area contributed by atoms with E-state index in [0.717, 1.165) is 5.56 Å². The Bertz CT molecular complexity index is 566. The summed E-state index contributed by atoms with van der Waals surface area (Å²) in [6.45, 7) is -0.588. The molecule has 0 saturated carbocycles. The quantitative estimate of drug-likeness (QED) is 0.780. The van der Waals surface area contributed by atoms with Gasteiger partial charge >= 0.3 is 12.3 Å². The van der Waals surface area contributed by atoms with Gasteiger partial charge in [-0.2, -0.15) is 18.2 Å². The number of aromatic nitrogens is 1. The monoisotopic (exact) mass is 353 g/mol. The average Bonchev–Trinajstić information content (AvgIpc) is 2.86. The van der Waals surface area contributed by atoms with Crippen LogP contribution < -0.4 is 0 Å². The lowest BCUT2D eigenvalue weighted by Gasteiger charge is -2.17. The zero-order valence-electron chi connectivity index (χ0n) is 11.1. The molecule has 2 heterocycles. The number of rotatable bonds is 3. The van der Waals surface area contributed by atoms with Crippen LogP contribution in [0, 0.1) is 0 Å². The highest BCUT2D eigenvalue weighted by Crippen LogP contribution is 2.21. The molecule has 0 aliphatic carbocycles. The Balaban J connectivity index is 1.96. The molecule has 120 valence electrons. The third-order valence-corrected chi connectivity index (χ3v) is 3.79. The van der Waals surface area contributed by atoms with E-state index in [1.165, 1.54) is 11.8 Å². The summed E-state index contributed by atoms with van der Waals surface area (Å²) in [6.07, 6.45) is -4.22. The van der Waals surface area contributed by atoms with E-state index in [2.05, 4.69) is 14.7 Å². The number of aliphatic imine (C=N–C) groups is 1. The van der Waals surface area contributed by atoms with Crippen LogP contribution in [0.2, 0.25) is 5.15 Å². The third-order valence-electron chi connectivity index (χ3n) is 2.57. The predicted molar refractivity (Wildman–Crippen MR) is 77.0 cm³/mol. The molecule has 1 aliphatic heterocycles. The molecule has 22 heavy (non-hydrogen) atoms. The normalized spacial score (nSPS) is 17.1. The molecule has 1 fully saturated rings. The summed E-state index contributed by atoms with van der Waals surface area (Å²) in [6, 6.07) is 3.41. The molecule has 0 spiro atoms. The number of halogens is 4. The van der Waals surface area contributed by atoms with Crippen LogP contribution in [0.3, 0.4) is 0 Å². The van der Waals surface area contributed by atoms with E-state index in [-0.39, 0.29) is 0 Å². The van der Waals surface area contributed by atoms with Crippen molar-refractivity contribution in [2.24, 2.45) is 4.99 Å². The van der Waals surface area contributed by atoms with Crippen LogP contribution in [-0.4, -0.2) is 46.2 Å². The number of pyridine rings is 1. The van der Waals surface area contributed by atoms with Gasteiger partial charge in [0.25, 0.3) is 0 Å². The minimum absolute atomic E-state index is 0.335. The summed E-state index contributed by atoms with van der Waals surface area (Å²) in [5, 5.41) is 0.700. The van der Waals surface area contributed by atoms with E-state index >= 15 is 0 Å². The fraction of sp³-hybridized carbons (Fsp3) is 0.417. The summed E-state index contributed by atoms with van der Waals surface area (Å²) in [5.74, 6) is 0.687. The molecular formula is C12H11ClF3N3O2S. The van der Waals surface area contributed by atoms with Gasteiger partial charge in [-0.15, -0.1) is 0 Å². The molecular weight excluding hydrogens is 343 g/mol. The lowest BCUT2D eigenvalue weighted by Crippen LogP contribution is -2.25. The molecule has 1 aromatic rings. The number of ether oxygens (including phenoxy) is 1. The molecule has 1 aromatic heterocycles. The number of thioether (sulfide) groups is 1. The van der Waals surface area contributed by atoms with Crippen molar-refractivity contribution in [1.29, 1.82) is 0 Å². The van der Waals surface area contributed by atoms with Gasteiger partial charge in [0, 0.05) is 25.0 Å². The van der Waals surface area contributed by atoms with Gasteiger partial charge in [-0.25, -0.2) is 9.78 Å². The second-order valence-corrected chi connectivity index (χ2v) is 5.77. The van der Waals surface area contributed by atoms with Gasteiger partial charge in [0.15, 0.2) is 11.8 Å². The van der Waals surface area contributed by atoms with Gasteiger partial charge < -0.3 is 9.64 Å². The maximum atomic E-state index is 12.0. The topological polar surface area (TPSA) is 54.8 Å². The standard InChI is InChI=1S/C12H11ClF3N3O2S/c13-9-2-1-8(5-17-9)6-19-3-4-22-10(19)18-11(20)21-7-12(14,15)16/h1-2,5H,3-4,6-7H2/b18-10+. The maximum absolute atomic E-state index is 12.0. The average molecular weight is 354 g/mol. The summed E-state index contributed by atoms with van der Waals surface area (Å²) in [4.78, 5) is 20.6. The summed E-state index contributed by atoms with van der Waals surface area (Å²) in [7, 11) is 0. The van der Waals surface area contributed by atoms with Crippen LogP contribution in [0.5, 0.6) is 0 Å². The Morgan fingerprint density at radius 2 is 2.27 bits per heavy atom. The SMILES string of the molecule is O=C(/N=C1/SCCN1Cc1ccc(Cl)nc1)OCC(F)(F)F. The maximum Gasteiger partial charge on any atom is 0.436 e. The van der Waals surface area contributed by atoms with E-state index in [9.17, 15) is 18.0 Å². The fourth-order valence-corrected chi connectivity index (χ4v) is 2.74. The van der Waals surface area contributed by atoms with Crippen molar-refractivity contribution < 1.29 is 22.7 Å². The number of hydrogen-bond acceptors (Lipinski definition) is 4. The van der Waals surface area contributed by atoms with Crippen molar-refractivity contribution in [3.63, 3.8) is 0 Å². The second kappa shape index (κ2) is 7.19. The third kappa shape index (κ3) is 5.38. The first-order chi connectivity index (χ1) is 10.3. The molecule has 10 heteroatoms. The molecule has 5 nitrogen and oxygen atoms in total. The van der Waals surface area contributed by atoms with E-state index in [4.69, 9.17) is 11.6 Å². The first kappa shape index (κ1) is 16.9. The van der Waals surface area contributed by atoms with Gasteiger partial charge in [0.05, 0.1) is 0 Å². The van der Waals surface area contributed by atoms with Gasteiger partial charge in [0.1, 0.15) is 5.15 Å². The Hall–Kier alpha value is -1.48. The van der Waals surface area contributed by atoms with Crippen molar-refractivity contribution in [1.82, 2.24) is 9.88 Å². The first-order valence-electron chi connectivity index (χ1n) is 6.14. The highest BCUT2D eigenvalue weighted by molar-refractivity contribution is 8.14. The second-order valence-electron chi connectivity index (χ2n) is 4.32. The first-order valence-corrected chi connectivity index (χ1v) is 7.50. The van der Waals surface area contributed by atoms with Crippen LogP contribution in [0.1, 0.15) is 5.56 Å². The molecule has 1 amide bonds. The van der Waals surface area contributed by atoms with Gasteiger partial charge in [-0.05, 0) is 11.6 Å². The number of amidine groups is 1. The van der Waals surface area contributed by atoms with Crippen LogP contribution in [-0.2, 0) is 11.3 Å². The van der Waals surface area contributed by atoms with Crippen molar-refractivity contribution in [3.05, 3.63) is 29.0 Å². The van der Waals surface area contributed by atoms with Crippen molar-refractivity contribution in [2.45, 2.75) is 12.7 Å². The molecule has 1 saturated heterocycles. The number of hydrogen-bond donors (Lipinski definition) is 0. The zero-order valence-corrected chi connectivity index (χ0v) is 12.7. The van der Waals surface area contributed by atoms with E-state index in [1.54, 1.807) is 23.2 Å². The fourth-order valence-electron chi connectivity index (χ4n) is 1.66. The molecule has 0 atom stereocenters. The zero-order chi connectivity index (χ0) is 16.2. The highest BCUT2D eigenvalue weighted by Gasteiger charge is 2.30. The van der Waals surface area contributed by atoms with Crippen molar-refractivity contribution in [2.75, 3.05) is 18.9 Å². The molecule has 0 aromatic carbocycles. The molecule has 0 radical (unpaired) electrons. The summed E-state index contributed by atoms with van der Waals surface area (Å²) in [5.41, 5.74) is 0.850. The predicted octanol–water partition coefficient (Wildman–Crippen LogP) is 3.34. The Morgan fingerprint density at radius 1 is 1.50 bits per heavy atom. The lowest BCUT2D eigenvalue weighted by atomic mass is 10.3. The minimum atomic E-state index is -4.56. The number of alkyl halides is 3. The summed E-state index contributed by atoms with van der Waals surface area (Å²) >= 11 is 6.97. The van der Waals surface area contributed by atoms with Gasteiger partial charge in [-0.1, -0.05) is 29.4 Å². The molecule has 0 unspecified atom stereocenters. The largest absolute Gasteiger partial charge is 0.438 e. The van der Waals surface area contributed by atoms with E-state index in [1.807, 2.05) is 0 Å². The lowest BCUT2D eigenvalue weighted by molar-refractivity contribution is -0.159. The Morgan fingerprint density at radius 3 is 2.91 bits per heavy atom. The number of carbonyl (C=O) groups excluding carboxylic acids is 1. The summed E-state index contributed by atoms with van der Waals surface area (Å²) < 4.78 is 40.0. The van der Waals surface area contributed by atoms with Crippen LogP contribution in [0.4, 0.5) is 18.0 Å². The van der Waals surface area contributed by atoms with Crippen molar-refractivity contribution in [3.8, 4) is 0 Å². The number of carbonyl (C=O) groups is 1. The van der Waals surface area contributed by atoms with Crippen LogP contribution in [0.15, 0.2) is 23.3 Å². The molecule has 1 aliphatic rings. The van der Waals surface area contributed by atoms with Gasteiger partial charge in [-0.3, -0.25) is 0 Å². The Kier molecular flexibility index (Phi) is 5.52. The number of nitrogens with zero attached hydrogens (tertiary/aromatic N) is 3. The Labute approximate surface area is 133 Å². The van der Waals surface area contributed by atoms with Crippen LogP contribution in [0.25, 0.3) is 0 Å². The van der Waals surface area contributed by atoms with Crippen LogP contribution >= 0.6 is 23.4 Å². The smallest absolute Gasteiger partial charge is 0.436 e. The number of amides is 1. The van der Waals surface area contributed by atoms with Crippen molar-refractivity contribution >= 4 is 34.6 Å². The van der Waals surface area contributed by atoms with E-state index < -0.39 is 18.9 Å². The molecule has 0 N–H and O–H groups in total. The van der Waals surface area contributed by atoms with Gasteiger partial charge in [0.2, 0.25) is 0 Å².